The van der Waals surface area contributed by atoms with Gasteiger partial charge < -0.3 is 0 Å². The molecule has 1 aromatic carbocycles. The molecule has 0 saturated heterocycles. The zero-order chi connectivity index (χ0) is 9.84. The molecule has 0 aliphatic rings. The molecule has 0 saturated carbocycles. The maximum absolute atomic E-state index is 11.2. The predicted octanol–water partition coefficient (Wildman–Crippen LogP) is 2.90. The van der Waals surface area contributed by atoms with Crippen molar-refractivity contribution >= 4 is 37.6 Å². The minimum Gasteiger partial charge on any atom is -0.293 e. The quantitative estimate of drug-likeness (QED) is 0.622. The van der Waals surface area contributed by atoms with Crippen molar-refractivity contribution in [1.82, 2.24) is 0 Å². The van der Waals surface area contributed by atoms with Gasteiger partial charge in [-0.1, -0.05) is 22.0 Å². The van der Waals surface area contributed by atoms with Gasteiger partial charge in [0.1, 0.15) is 6.07 Å². The number of ketones is 1. The molecule has 0 spiro atoms. The molecule has 0 unspecified atom stereocenters. The first-order valence-corrected chi connectivity index (χ1v) is 5.39. The Morgan fingerprint density at radius 3 is 2.77 bits per heavy atom. The van der Waals surface area contributed by atoms with Gasteiger partial charge in [0.15, 0.2) is 5.78 Å². The summed E-state index contributed by atoms with van der Waals surface area (Å²) in [6, 6.07) is 6.97. The molecule has 0 aliphatic heterocycles. The molecule has 0 aromatic heterocycles. The second-order valence-corrected chi connectivity index (χ2v) is 3.78. The van der Waals surface area contributed by atoms with Crippen LogP contribution in [0.2, 0.25) is 0 Å². The Labute approximate surface area is 92.8 Å². The molecule has 0 heterocycles. The Bertz CT molecular complexity index is 382. The maximum Gasteiger partial charge on any atom is 0.173 e. The highest BCUT2D eigenvalue weighted by Crippen LogP contribution is 2.17. The standard InChI is InChI=1S/C9H5Br2NO/c10-4-9(13)6-1-2-8(11)7(3-6)5-12/h1-3H,4H2. The molecule has 0 atom stereocenters. The molecule has 0 amide bonds. The third-order valence-electron chi connectivity index (χ3n) is 1.53. The zero-order valence-corrected chi connectivity index (χ0v) is 9.72. The van der Waals surface area contributed by atoms with Gasteiger partial charge in [0, 0.05) is 10.0 Å². The van der Waals surface area contributed by atoms with E-state index in [0.717, 1.165) is 0 Å². The lowest BCUT2D eigenvalue weighted by atomic mass is 10.1. The summed E-state index contributed by atoms with van der Waals surface area (Å²) < 4.78 is 0.709. The first kappa shape index (κ1) is 10.4. The monoisotopic (exact) mass is 301 g/mol. The van der Waals surface area contributed by atoms with E-state index in [9.17, 15) is 4.79 Å². The summed E-state index contributed by atoms with van der Waals surface area (Å²) in [7, 11) is 0. The number of carbonyl (C=O) groups excluding carboxylic acids is 1. The molecule has 4 heteroatoms. The first-order valence-electron chi connectivity index (χ1n) is 3.48. The van der Waals surface area contributed by atoms with Gasteiger partial charge >= 0.3 is 0 Å². The average molecular weight is 303 g/mol. The molecule has 2 nitrogen and oxygen atoms in total. The van der Waals surface area contributed by atoms with Gasteiger partial charge in [-0.05, 0) is 28.1 Å². The van der Waals surface area contributed by atoms with Gasteiger partial charge in [-0.3, -0.25) is 4.79 Å². The van der Waals surface area contributed by atoms with Crippen LogP contribution in [-0.4, -0.2) is 11.1 Å². The van der Waals surface area contributed by atoms with Crippen LogP contribution in [0.3, 0.4) is 0 Å². The van der Waals surface area contributed by atoms with Gasteiger partial charge in [-0.15, -0.1) is 0 Å². The largest absolute Gasteiger partial charge is 0.293 e. The summed E-state index contributed by atoms with van der Waals surface area (Å²) >= 11 is 6.29. The zero-order valence-electron chi connectivity index (χ0n) is 6.55. The van der Waals surface area contributed by atoms with E-state index < -0.39 is 0 Å². The minimum atomic E-state index is -0.0241. The Morgan fingerprint density at radius 2 is 2.23 bits per heavy atom. The summed E-state index contributed by atoms with van der Waals surface area (Å²) in [6.45, 7) is 0. The van der Waals surface area contributed by atoms with Gasteiger partial charge in [0.05, 0.1) is 10.9 Å². The Hall–Kier alpha value is -0.660. The van der Waals surface area contributed by atoms with Gasteiger partial charge in [-0.25, -0.2) is 0 Å². The van der Waals surface area contributed by atoms with Crippen LogP contribution in [0.5, 0.6) is 0 Å². The Balaban J connectivity index is 3.15. The number of nitriles is 1. The van der Waals surface area contributed by atoms with E-state index in [4.69, 9.17) is 5.26 Å². The topological polar surface area (TPSA) is 40.9 Å². The van der Waals surface area contributed by atoms with E-state index in [1.807, 2.05) is 6.07 Å². The van der Waals surface area contributed by atoms with Gasteiger partial charge in [-0.2, -0.15) is 5.26 Å². The fourth-order valence-corrected chi connectivity index (χ4v) is 1.52. The molecule has 0 bridgehead atoms. The molecule has 1 aromatic rings. The van der Waals surface area contributed by atoms with Crippen molar-refractivity contribution in [2.24, 2.45) is 0 Å². The molecule has 0 radical (unpaired) electrons. The minimum absolute atomic E-state index is 0.0241. The second kappa shape index (κ2) is 4.54. The normalized spacial score (nSPS) is 9.31. The van der Waals surface area contributed by atoms with E-state index in [0.29, 0.717) is 15.6 Å². The van der Waals surface area contributed by atoms with Crippen LogP contribution in [0.25, 0.3) is 0 Å². The number of hydrogen-bond donors (Lipinski definition) is 0. The Morgan fingerprint density at radius 1 is 1.54 bits per heavy atom. The van der Waals surface area contributed by atoms with E-state index in [2.05, 4.69) is 31.9 Å². The van der Waals surface area contributed by atoms with Crippen LogP contribution in [0.4, 0.5) is 0 Å². The maximum atomic E-state index is 11.2. The summed E-state index contributed by atoms with van der Waals surface area (Å²) in [4.78, 5) is 11.2. The van der Waals surface area contributed by atoms with Crippen molar-refractivity contribution in [3.63, 3.8) is 0 Å². The van der Waals surface area contributed by atoms with Crippen molar-refractivity contribution in [3.8, 4) is 6.07 Å². The van der Waals surface area contributed by atoms with Crippen molar-refractivity contribution < 1.29 is 4.79 Å². The Kier molecular flexibility index (Phi) is 3.64. The molecule has 0 N–H and O–H groups in total. The number of hydrogen-bond acceptors (Lipinski definition) is 2. The molecular formula is C9H5Br2NO. The molecule has 0 fully saturated rings. The predicted molar refractivity (Wildman–Crippen MR) is 57.0 cm³/mol. The van der Waals surface area contributed by atoms with Gasteiger partial charge in [0.25, 0.3) is 0 Å². The molecule has 66 valence electrons. The van der Waals surface area contributed by atoms with Crippen molar-refractivity contribution in [2.45, 2.75) is 0 Å². The van der Waals surface area contributed by atoms with E-state index in [-0.39, 0.29) is 11.1 Å². The van der Waals surface area contributed by atoms with E-state index >= 15 is 0 Å². The first-order chi connectivity index (χ1) is 6.19. The van der Waals surface area contributed by atoms with Crippen LogP contribution in [0.1, 0.15) is 15.9 Å². The lowest BCUT2D eigenvalue weighted by Gasteiger charge is -1.99. The molecule has 0 aliphatic carbocycles. The number of nitrogens with zero attached hydrogens (tertiary/aromatic N) is 1. The SMILES string of the molecule is N#Cc1cc(C(=O)CBr)ccc1Br. The number of Topliss-reactive ketones (excluding diaryl/α,β-unsaturated/α-hetero) is 1. The van der Waals surface area contributed by atoms with Crippen LogP contribution < -0.4 is 0 Å². The van der Waals surface area contributed by atoms with Crippen LogP contribution in [0, 0.1) is 11.3 Å². The van der Waals surface area contributed by atoms with Crippen molar-refractivity contribution in [1.29, 1.82) is 5.26 Å². The highest BCUT2D eigenvalue weighted by molar-refractivity contribution is 9.10. The summed E-state index contributed by atoms with van der Waals surface area (Å²) in [5.41, 5.74) is 1.03. The summed E-state index contributed by atoms with van der Waals surface area (Å²) in [5, 5.41) is 8.97. The lowest BCUT2D eigenvalue weighted by molar-refractivity contribution is 0.102. The van der Waals surface area contributed by atoms with Crippen molar-refractivity contribution in [2.75, 3.05) is 5.33 Å². The molecule has 1 rings (SSSR count). The van der Waals surface area contributed by atoms with Crippen LogP contribution in [0.15, 0.2) is 22.7 Å². The van der Waals surface area contributed by atoms with Crippen LogP contribution >= 0.6 is 31.9 Å². The second-order valence-electron chi connectivity index (χ2n) is 2.36. The van der Waals surface area contributed by atoms with Crippen LogP contribution in [-0.2, 0) is 0 Å². The average Bonchev–Trinajstić information content (AvgIpc) is 2.17. The fraction of sp³-hybridized carbons (Fsp3) is 0.111. The van der Waals surface area contributed by atoms with E-state index in [1.54, 1.807) is 18.2 Å². The summed E-state index contributed by atoms with van der Waals surface area (Å²) in [6.07, 6.45) is 0. The number of halogens is 2. The smallest absolute Gasteiger partial charge is 0.173 e. The number of rotatable bonds is 2. The number of benzene rings is 1. The molecular weight excluding hydrogens is 298 g/mol. The summed E-state index contributed by atoms with van der Waals surface area (Å²) in [5.74, 6) is -0.0241. The molecule has 13 heavy (non-hydrogen) atoms. The fourth-order valence-electron chi connectivity index (χ4n) is 0.862. The van der Waals surface area contributed by atoms with Gasteiger partial charge in [0.2, 0.25) is 0 Å². The number of alkyl halides is 1. The lowest BCUT2D eigenvalue weighted by Crippen LogP contribution is -2.00. The van der Waals surface area contributed by atoms with E-state index in [1.165, 1.54) is 0 Å². The van der Waals surface area contributed by atoms with Crippen molar-refractivity contribution in [3.05, 3.63) is 33.8 Å². The highest BCUT2D eigenvalue weighted by atomic mass is 79.9. The highest BCUT2D eigenvalue weighted by Gasteiger charge is 2.06. The number of carbonyl (C=O) groups is 1. The third-order valence-corrected chi connectivity index (χ3v) is 2.73. The third kappa shape index (κ3) is 2.39.